The van der Waals surface area contributed by atoms with Gasteiger partial charge in [0.1, 0.15) is 24.1 Å². The molecule has 4 rings (SSSR count). The first-order chi connectivity index (χ1) is 15.1. The fourth-order valence-corrected chi connectivity index (χ4v) is 3.86. The summed E-state index contributed by atoms with van der Waals surface area (Å²) in [5.41, 5.74) is 2.48. The number of hydrogen-bond acceptors (Lipinski definition) is 8. The number of aromatic nitrogens is 2. The maximum Gasteiger partial charge on any atom is 0.356 e. The SMILES string of the molecule is Cc1ccc(Cc2c(O[C@@]3(O)O[C@H](CO)[C@@H](O)[C@H](O)[C@H]3O)nn(CC3CC3)c2C)cc1F. The molecule has 1 saturated heterocycles. The van der Waals surface area contributed by atoms with Gasteiger partial charge < -0.3 is 35.0 Å². The summed E-state index contributed by atoms with van der Waals surface area (Å²) < 4.78 is 26.7. The second-order valence-corrected chi connectivity index (χ2v) is 8.75. The number of rotatable bonds is 7. The fourth-order valence-electron chi connectivity index (χ4n) is 3.86. The van der Waals surface area contributed by atoms with Gasteiger partial charge in [-0.3, -0.25) is 4.68 Å². The standard InChI is InChI=1S/C22H29FN2O7/c1-11-3-4-14(8-16(11)23)7-15-12(2)25(9-13-5-6-13)24-21(15)32-22(30)20(29)19(28)18(27)17(10-26)31-22/h3-4,8,13,17-20,26-30H,5-7,9-10H2,1-2H3/t17-,18-,19+,20-,22+/m1/s1. The quantitative estimate of drug-likeness (QED) is 0.374. The molecule has 0 unspecified atom stereocenters. The van der Waals surface area contributed by atoms with Crippen molar-refractivity contribution in [3.8, 4) is 5.88 Å². The first-order valence-electron chi connectivity index (χ1n) is 10.7. The predicted octanol–water partition coefficient (Wildman–Crippen LogP) is 0.139. The van der Waals surface area contributed by atoms with Crippen LogP contribution in [0.15, 0.2) is 18.2 Å². The summed E-state index contributed by atoms with van der Waals surface area (Å²) in [6.45, 7) is 3.43. The van der Waals surface area contributed by atoms with Gasteiger partial charge in [0, 0.05) is 24.2 Å². The Morgan fingerprint density at radius 2 is 1.94 bits per heavy atom. The van der Waals surface area contributed by atoms with Gasteiger partial charge in [-0.2, -0.15) is 0 Å². The topological polar surface area (TPSA) is 137 Å². The zero-order valence-electron chi connectivity index (χ0n) is 18.0. The van der Waals surface area contributed by atoms with Gasteiger partial charge in [-0.25, -0.2) is 4.39 Å². The van der Waals surface area contributed by atoms with Crippen LogP contribution in [-0.2, 0) is 17.7 Å². The minimum Gasteiger partial charge on any atom is -0.417 e. The molecular weight excluding hydrogens is 423 g/mol. The third kappa shape index (κ3) is 4.39. The van der Waals surface area contributed by atoms with Gasteiger partial charge >= 0.3 is 5.97 Å². The highest BCUT2D eigenvalue weighted by Crippen LogP contribution is 2.36. The van der Waals surface area contributed by atoms with Crippen LogP contribution in [0.3, 0.4) is 0 Å². The molecule has 1 aliphatic carbocycles. The Kier molecular flexibility index (Phi) is 6.27. The average molecular weight is 452 g/mol. The molecule has 1 aromatic carbocycles. The van der Waals surface area contributed by atoms with Gasteiger partial charge in [0.2, 0.25) is 5.88 Å². The number of nitrogens with zero attached hydrogens (tertiary/aromatic N) is 2. The lowest BCUT2D eigenvalue weighted by molar-refractivity contribution is -0.423. The fraction of sp³-hybridized carbons (Fsp3) is 0.591. The molecule has 2 aliphatic rings. The summed E-state index contributed by atoms with van der Waals surface area (Å²) in [4.78, 5) is 0. The molecule has 0 bridgehead atoms. The molecular formula is C22H29FN2O7. The van der Waals surface area contributed by atoms with Crippen molar-refractivity contribution in [1.82, 2.24) is 9.78 Å². The van der Waals surface area contributed by atoms with E-state index in [4.69, 9.17) is 9.47 Å². The number of aryl methyl sites for hydroxylation is 1. The summed E-state index contributed by atoms with van der Waals surface area (Å²) in [7, 11) is 0. The van der Waals surface area contributed by atoms with Crippen LogP contribution in [0.2, 0.25) is 0 Å². The molecule has 1 aliphatic heterocycles. The van der Waals surface area contributed by atoms with E-state index >= 15 is 0 Å². The smallest absolute Gasteiger partial charge is 0.356 e. The minimum absolute atomic E-state index is 0.0500. The Hall–Kier alpha value is -2.08. The van der Waals surface area contributed by atoms with E-state index in [1.165, 1.54) is 6.07 Å². The second-order valence-electron chi connectivity index (χ2n) is 8.75. The van der Waals surface area contributed by atoms with E-state index in [-0.39, 0.29) is 18.1 Å². The van der Waals surface area contributed by atoms with Crippen LogP contribution in [0.1, 0.15) is 35.2 Å². The first-order valence-corrected chi connectivity index (χ1v) is 10.7. The molecule has 1 aromatic heterocycles. The summed E-state index contributed by atoms with van der Waals surface area (Å²) in [6.07, 6.45) is -4.45. The maximum atomic E-state index is 14.1. The van der Waals surface area contributed by atoms with Crippen LogP contribution in [0.4, 0.5) is 4.39 Å². The van der Waals surface area contributed by atoms with E-state index in [1.54, 1.807) is 23.7 Å². The summed E-state index contributed by atoms with van der Waals surface area (Å²) in [5.74, 6) is -2.67. The molecule has 2 aromatic rings. The first kappa shape index (κ1) is 23.1. The van der Waals surface area contributed by atoms with Gasteiger partial charge in [0.25, 0.3) is 0 Å². The minimum atomic E-state index is -2.76. The molecule has 0 radical (unpaired) electrons. The second kappa shape index (κ2) is 8.69. The zero-order chi connectivity index (χ0) is 23.2. The summed E-state index contributed by atoms with van der Waals surface area (Å²) in [5, 5.41) is 55.1. The van der Waals surface area contributed by atoms with Crippen molar-refractivity contribution in [3.63, 3.8) is 0 Å². The lowest BCUT2D eigenvalue weighted by Crippen LogP contribution is -2.67. The molecule has 5 N–H and O–H groups in total. The highest BCUT2D eigenvalue weighted by atomic mass is 19.1. The molecule has 32 heavy (non-hydrogen) atoms. The Labute approximate surface area is 184 Å². The molecule has 5 atom stereocenters. The van der Waals surface area contributed by atoms with Crippen molar-refractivity contribution in [2.24, 2.45) is 5.92 Å². The average Bonchev–Trinajstić information content (AvgIpc) is 3.53. The maximum absolute atomic E-state index is 14.1. The number of aliphatic hydroxyl groups is 5. The van der Waals surface area contributed by atoms with Gasteiger partial charge in [-0.05, 0) is 49.8 Å². The number of benzene rings is 1. The van der Waals surface area contributed by atoms with Crippen LogP contribution in [-0.4, -0.2) is 72.3 Å². The van der Waals surface area contributed by atoms with Gasteiger partial charge in [0.05, 0.1) is 6.61 Å². The molecule has 2 heterocycles. The highest BCUT2D eigenvalue weighted by molar-refractivity contribution is 5.37. The van der Waals surface area contributed by atoms with E-state index in [1.807, 2.05) is 6.92 Å². The van der Waals surface area contributed by atoms with Crippen molar-refractivity contribution in [1.29, 1.82) is 0 Å². The van der Waals surface area contributed by atoms with Gasteiger partial charge in [-0.15, -0.1) is 5.10 Å². The number of hydrogen-bond donors (Lipinski definition) is 5. The molecule has 0 spiro atoms. The van der Waals surface area contributed by atoms with E-state index in [2.05, 4.69) is 5.10 Å². The van der Waals surface area contributed by atoms with Crippen molar-refractivity contribution < 1.29 is 39.4 Å². The molecule has 176 valence electrons. The van der Waals surface area contributed by atoms with Crippen molar-refractivity contribution in [3.05, 3.63) is 46.4 Å². The monoisotopic (exact) mass is 452 g/mol. The Morgan fingerprint density at radius 3 is 2.56 bits per heavy atom. The summed E-state index contributed by atoms with van der Waals surface area (Å²) >= 11 is 0. The van der Waals surface area contributed by atoms with Gasteiger partial charge in [-0.1, -0.05) is 12.1 Å². The Morgan fingerprint density at radius 1 is 1.22 bits per heavy atom. The molecule has 2 fully saturated rings. The third-order valence-electron chi connectivity index (χ3n) is 6.21. The van der Waals surface area contributed by atoms with Crippen LogP contribution in [0.5, 0.6) is 5.88 Å². The van der Waals surface area contributed by atoms with E-state index < -0.39 is 37.0 Å². The van der Waals surface area contributed by atoms with Crippen LogP contribution < -0.4 is 4.74 Å². The van der Waals surface area contributed by atoms with Crippen LogP contribution in [0.25, 0.3) is 0 Å². The summed E-state index contributed by atoms with van der Waals surface area (Å²) in [6, 6.07) is 4.86. The third-order valence-corrected chi connectivity index (χ3v) is 6.21. The number of ether oxygens (including phenoxy) is 2. The normalized spacial score (nSPS) is 30.5. The molecule has 10 heteroatoms. The van der Waals surface area contributed by atoms with Crippen molar-refractivity contribution in [2.75, 3.05) is 6.61 Å². The lowest BCUT2D eigenvalue weighted by atomic mass is 9.98. The van der Waals surface area contributed by atoms with Crippen molar-refractivity contribution >= 4 is 0 Å². The van der Waals surface area contributed by atoms with Crippen molar-refractivity contribution in [2.45, 2.75) is 70.0 Å². The Bertz CT molecular complexity index is 977. The highest BCUT2D eigenvalue weighted by Gasteiger charge is 2.55. The van der Waals surface area contributed by atoms with E-state index in [9.17, 15) is 29.9 Å². The van der Waals surface area contributed by atoms with Crippen LogP contribution >= 0.6 is 0 Å². The molecule has 1 saturated carbocycles. The largest absolute Gasteiger partial charge is 0.417 e. The number of aliphatic hydroxyl groups excluding tert-OH is 4. The zero-order valence-corrected chi connectivity index (χ0v) is 18.0. The van der Waals surface area contributed by atoms with Crippen LogP contribution in [0, 0.1) is 25.6 Å². The number of halogens is 1. The predicted molar refractivity (Wildman–Crippen MR) is 109 cm³/mol. The van der Waals surface area contributed by atoms with E-state index in [0.717, 1.165) is 18.5 Å². The molecule has 9 nitrogen and oxygen atoms in total. The lowest BCUT2D eigenvalue weighted by Gasteiger charge is -2.43. The molecule has 0 amide bonds. The van der Waals surface area contributed by atoms with Gasteiger partial charge in [0.15, 0.2) is 6.10 Å². The Balaban J connectivity index is 1.68. The van der Waals surface area contributed by atoms with E-state index in [0.29, 0.717) is 29.2 Å².